The second kappa shape index (κ2) is 5.24. The lowest BCUT2D eigenvalue weighted by molar-refractivity contribution is 0.109. The number of hydrogen-bond acceptors (Lipinski definition) is 4. The van der Waals surface area contributed by atoms with E-state index >= 15 is 0 Å². The Hall–Kier alpha value is -1.14. The highest BCUT2D eigenvalue weighted by Crippen LogP contribution is 2.31. The van der Waals surface area contributed by atoms with Crippen molar-refractivity contribution in [3.63, 3.8) is 0 Å². The van der Waals surface area contributed by atoms with Gasteiger partial charge in [0.25, 0.3) is 10.0 Å². The molecule has 1 aliphatic carbocycles. The van der Waals surface area contributed by atoms with Gasteiger partial charge in [-0.2, -0.15) is 4.31 Å². The van der Waals surface area contributed by atoms with Crippen molar-refractivity contribution in [2.45, 2.75) is 31.3 Å². The van der Waals surface area contributed by atoms with Crippen LogP contribution in [-0.4, -0.2) is 32.1 Å². The zero-order valence-corrected chi connectivity index (χ0v) is 11.1. The molecule has 18 heavy (non-hydrogen) atoms. The highest BCUT2D eigenvalue weighted by Gasteiger charge is 2.32. The summed E-state index contributed by atoms with van der Waals surface area (Å²) in [6.45, 7) is 2.97. The molecule has 0 aromatic carbocycles. The molecule has 6 heteroatoms. The summed E-state index contributed by atoms with van der Waals surface area (Å²) in [6.07, 6.45) is 3.44. The number of aldehydes is 1. The van der Waals surface area contributed by atoms with E-state index in [-0.39, 0.29) is 10.9 Å². The van der Waals surface area contributed by atoms with Crippen molar-refractivity contribution in [2.75, 3.05) is 13.1 Å². The molecule has 1 fully saturated rings. The average Bonchev–Trinajstić information content (AvgIpc) is 3.02. The summed E-state index contributed by atoms with van der Waals surface area (Å²) in [4.78, 5) is 10.5. The van der Waals surface area contributed by atoms with Gasteiger partial charge in [-0.1, -0.05) is 6.92 Å². The van der Waals surface area contributed by atoms with Gasteiger partial charge in [0.05, 0.1) is 0 Å². The Bertz CT molecular complexity index is 516. The van der Waals surface area contributed by atoms with Gasteiger partial charge in [-0.25, -0.2) is 8.42 Å². The number of nitrogens with zero attached hydrogens (tertiary/aromatic N) is 1. The molecule has 0 atom stereocenters. The summed E-state index contributed by atoms with van der Waals surface area (Å²) in [7, 11) is -3.60. The molecule has 5 nitrogen and oxygen atoms in total. The topological polar surface area (TPSA) is 67.6 Å². The number of rotatable bonds is 7. The van der Waals surface area contributed by atoms with Gasteiger partial charge < -0.3 is 4.42 Å². The number of hydrogen-bond donors (Lipinski definition) is 0. The maximum atomic E-state index is 12.3. The third-order valence-corrected chi connectivity index (χ3v) is 4.68. The Labute approximate surface area is 107 Å². The Morgan fingerprint density at radius 2 is 2.17 bits per heavy atom. The molecule has 1 saturated carbocycles. The van der Waals surface area contributed by atoms with Crippen LogP contribution in [0.15, 0.2) is 21.6 Å². The van der Waals surface area contributed by atoms with Crippen LogP contribution in [0.4, 0.5) is 0 Å². The zero-order chi connectivity index (χ0) is 13.2. The standard InChI is InChI=1S/C12H17NO4S/c1-2-7-13(8-10-3-4-10)18(15,16)12-6-5-11(9-14)17-12/h5-6,9-10H,2-4,7-8H2,1H3. The first-order valence-corrected chi connectivity index (χ1v) is 7.57. The summed E-state index contributed by atoms with van der Waals surface area (Å²) < 4.78 is 31.1. The van der Waals surface area contributed by atoms with Gasteiger partial charge in [0.2, 0.25) is 5.09 Å². The molecule has 100 valence electrons. The minimum absolute atomic E-state index is 0.0384. The molecule has 1 aromatic heterocycles. The maximum absolute atomic E-state index is 12.3. The van der Waals surface area contributed by atoms with Gasteiger partial charge >= 0.3 is 0 Å². The fraction of sp³-hybridized carbons (Fsp3) is 0.583. The Balaban J connectivity index is 2.22. The van der Waals surface area contributed by atoms with E-state index in [1.807, 2.05) is 6.92 Å². The summed E-state index contributed by atoms with van der Waals surface area (Å²) in [5, 5.41) is -0.140. The summed E-state index contributed by atoms with van der Waals surface area (Å²) in [6, 6.07) is 2.72. The lowest BCUT2D eigenvalue weighted by Gasteiger charge is -2.19. The Kier molecular flexibility index (Phi) is 3.87. The highest BCUT2D eigenvalue weighted by molar-refractivity contribution is 7.89. The predicted octanol–water partition coefficient (Wildman–Crippen LogP) is 1.90. The van der Waals surface area contributed by atoms with Crippen LogP contribution in [0.5, 0.6) is 0 Å². The van der Waals surface area contributed by atoms with Gasteiger partial charge in [-0.15, -0.1) is 0 Å². The van der Waals surface area contributed by atoms with Crippen molar-refractivity contribution >= 4 is 16.3 Å². The second-order valence-corrected chi connectivity index (χ2v) is 6.45. The number of carbonyl (C=O) groups excluding carboxylic acids is 1. The smallest absolute Gasteiger partial charge is 0.276 e. The molecule has 1 aromatic rings. The predicted molar refractivity (Wildman–Crippen MR) is 65.9 cm³/mol. The maximum Gasteiger partial charge on any atom is 0.276 e. The molecule has 0 spiro atoms. The molecular weight excluding hydrogens is 254 g/mol. The zero-order valence-electron chi connectivity index (χ0n) is 10.3. The second-order valence-electron chi connectivity index (χ2n) is 4.58. The monoisotopic (exact) mass is 271 g/mol. The van der Waals surface area contributed by atoms with Gasteiger partial charge in [0.15, 0.2) is 12.0 Å². The number of carbonyl (C=O) groups is 1. The van der Waals surface area contributed by atoms with Crippen LogP contribution in [0.1, 0.15) is 36.7 Å². The van der Waals surface area contributed by atoms with Crippen LogP contribution < -0.4 is 0 Å². The van der Waals surface area contributed by atoms with Crippen molar-refractivity contribution in [2.24, 2.45) is 5.92 Å². The normalized spacial score (nSPS) is 16.1. The molecule has 0 saturated heterocycles. The number of furan rings is 1. The quantitative estimate of drug-likeness (QED) is 0.710. The molecule has 0 bridgehead atoms. The van der Waals surface area contributed by atoms with Crippen molar-refractivity contribution < 1.29 is 17.6 Å². The lowest BCUT2D eigenvalue weighted by Crippen LogP contribution is -2.33. The molecule has 0 unspecified atom stereocenters. The first-order valence-electron chi connectivity index (χ1n) is 6.13. The van der Waals surface area contributed by atoms with Crippen LogP contribution >= 0.6 is 0 Å². The van der Waals surface area contributed by atoms with E-state index < -0.39 is 10.0 Å². The van der Waals surface area contributed by atoms with Crippen molar-refractivity contribution in [1.82, 2.24) is 4.31 Å². The summed E-state index contributed by atoms with van der Waals surface area (Å²) in [5.41, 5.74) is 0. The van der Waals surface area contributed by atoms with Gasteiger partial charge in [0, 0.05) is 13.1 Å². The molecule has 0 N–H and O–H groups in total. The largest absolute Gasteiger partial charge is 0.440 e. The molecule has 1 heterocycles. The Morgan fingerprint density at radius 3 is 2.67 bits per heavy atom. The van der Waals surface area contributed by atoms with Crippen molar-refractivity contribution in [1.29, 1.82) is 0 Å². The first-order chi connectivity index (χ1) is 8.57. The molecule has 0 amide bonds. The lowest BCUT2D eigenvalue weighted by atomic mass is 10.4. The van der Waals surface area contributed by atoms with E-state index in [0.717, 1.165) is 19.3 Å². The van der Waals surface area contributed by atoms with Gasteiger partial charge in [-0.3, -0.25) is 4.79 Å². The van der Waals surface area contributed by atoms with Crippen LogP contribution in [0.2, 0.25) is 0 Å². The minimum Gasteiger partial charge on any atom is -0.440 e. The Morgan fingerprint density at radius 1 is 1.44 bits per heavy atom. The molecular formula is C12H17NO4S. The van der Waals surface area contributed by atoms with Crippen LogP contribution in [0, 0.1) is 5.92 Å². The summed E-state index contributed by atoms with van der Waals surface area (Å²) >= 11 is 0. The van der Waals surface area contributed by atoms with E-state index in [0.29, 0.717) is 25.3 Å². The van der Waals surface area contributed by atoms with E-state index in [4.69, 9.17) is 4.42 Å². The van der Waals surface area contributed by atoms with Gasteiger partial charge in [0.1, 0.15) is 0 Å². The number of sulfonamides is 1. The average molecular weight is 271 g/mol. The first kappa shape index (κ1) is 13.3. The van der Waals surface area contributed by atoms with Crippen molar-refractivity contribution in [3.8, 4) is 0 Å². The van der Waals surface area contributed by atoms with Gasteiger partial charge in [-0.05, 0) is 37.3 Å². The van der Waals surface area contributed by atoms with E-state index in [2.05, 4.69) is 0 Å². The summed E-state index contributed by atoms with van der Waals surface area (Å²) in [5.74, 6) is 0.517. The SMILES string of the molecule is CCCN(CC1CC1)S(=O)(=O)c1ccc(C=O)o1. The van der Waals surface area contributed by atoms with Crippen LogP contribution in [0.3, 0.4) is 0 Å². The van der Waals surface area contributed by atoms with Crippen LogP contribution in [0.25, 0.3) is 0 Å². The molecule has 2 rings (SSSR count). The van der Waals surface area contributed by atoms with E-state index in [1.165, 1.54) is 16.4 Å². The van der Waals surface area contributed by atoms with Crippen molar-refractivity contribution in [3.05, 3.63) is 17.9 Å². The van der Waals surface area contributed by atoms with Crippen LogP contribution in [-0.2, 0) is 10.0 Å². The molecule has 0 radical (unpaired) electrons. The minimum atomic E-state index is -3.60. The third-order valence-electron chi connectivity index (χ3n) is 2.94. The van der Waals surface area contributed by atoms with E-state index in [1.54, 1.807) is 0 Å². The third kappa shape index (κ3) is 2.81. The molecule has 0 aliphatic heterocycles. The highest BCUT2D eigenvalue weighted by atomic mass is 32.2. The van der Waals surface area contributed by atoms with E-state index in [9.17, 15) is 13.2 Å². The molecule has 1 aliphatic rings. The fourth-order valence-electron chi connectivity index (χ4n) is 1.81. The fourth-order valence-corrected chi connectivity index (χ4v) is 3.34.